The van der Waals surface area contributed by atoms with Crippen LogP contribution >= 0.6 is 0 Å². The summed E-state index contributed by atoms with van der Waals surface area (Å²) in [5.41, 5.74) is 5.79. The fraction of sp³-hybridized carbons (Fsp3) is 0.138. The third kappa shape index (κ3) is 4.32. The minimum Gasteiger partial charge on any atom is -0.493 e. The molecule has 0 aliphatic carbocycles. The second-order valence-corrected chi connectivity index (χ2v) is 8.34. The molecular formula is C29H25N5O2. The summed E-state index contributed by atoms with van der Waals surface area (Å²) < 4.78 is 14.8. The zero-order valence-electron chi connectivity index (χ0n) is 20.3. The largest absolute Gasteiger partial charge is 0.493 e. The van der Waals surface area contributed by atoms with Crippen molar-refractivity contribution in [1.29, 1.82) is 5.26 Å². The lowest BCUT2D eigenvalue weighted by Crippen LogP contribution is -2.00. The first-order valence-corrected chi connectivity index (χ1v) is 11.5. The highest BCUT2D eigenvalue weighted by Crippen LogP contribution is 2.34. The maximum atomic E-state index is 10.1. The van der Waals surface area contributed by atoms with Gasteiger partial charge < -0.3 is 14.0 Å². The SMILES string of the molecule is COc1ccc(-c2nn(Cc3ccccc3)cc2/C=C(\C#N)c2nc3ccccc3n2C)cc1OC. The van der Waals surface area contributed by atoms with Crippen molar-refractivity contribution < 1.29 is 9.47 Å². The summed E-state index contributed by atoms with van der Waals surface area (Å²) in [4.78, 5) is 4.72. The number of nitriles is 1. The molecule has 0 bridgehead atoms. The van der Waals surface area contributed by atoms with E-state index in [1.54, 1.807) is 14.2 Å². The predicted octanol–water partition coefficient (Wildman–Crippen LogP) is 5.57. The number of nitrogens with zero attached hydrogens (tertiary/aromatic N) is 5. The lowest BCUT2D eigenvalue weighted by Gasteiger charge is -2.09. The minimum atomic E-state index is 0.453. The third-order valence-corrected chi connectivity index (χ3v) is 6.08. The molecule has 0 saturated carbocycles. The Kier molecular flexibility index (Phi) is 6.25. The molecule has 0 atom stereocenters. The molecule has 7 nitrogen and oxygen atoms in total. The average molecular weight is 476 g/mol. The van der Waals surface area contributed by atoms with Gasteiger partial charge in [-0.1, -0.05) is 42.5 Å². The number of methoxy groups -OCH3 is 2. The summed E-state index contributed by atoms with van der Waals surface area (Å²) in [7, 11) is 5.14. The van der Waals surface area contributed by atoms with Gasteiger partial charge in [-0.25, -0.2) is 4.98 Å². The number of aryl methyl sites for hydroxylation is 1. The number of imidazole rings is 1. The number of benzene rings is 3. The maximum Gasteiger partial charge on any atom is 0.161 e. The number of ether oxygens (including phenoxy) is 2. The van der Waals surface area contributed by atoms with Gasteiger partial charge in [-0.3, -0.25) is 4.68 Å². The number of hydrogen-bond donors (Lipinski definition) is 0. The van der Waals surface area contributed by atoms with Gasteiger partial charge in [-0.05, 0) is 42.0 Å². The lowest BCUT2D eigenvalue weighted by atomic mass is 10.1. The smallest absolute Gasteiger partial charge is 0.161 e. The van der Waals surface area contributed by atoms with Crippen molar-refractivity contribution in [3.8, 4) is 28.8 Å². The van der Waals surface area contributed by atoms with E-state index in [2.05, 4.69) is 18.2 Å². The van der Waals surface area contributed by atoms with Crippen LogP contribution in [0.2, 0.25) is 0 Å². The first-order chi connectivity index (χ1) is 17.6. The first-order valence-electron chi connectivity index (χ1n) is 11.5. The Morgan fingerprint density at radius 1 is 0.972 bits per heavy atom. The third-order valence-electron chi connectivity index (χ3n) is 6.08. The van der Waals surface area contributed by atoms with Crippen LogP contribution in [0.15, 0.2) is 79.0 Å². The molecule has 5 rings (SSSR count). The predicted molar refractivity (Wildman–Crippen MR) is 141 cm³/mol. The van der Waals surface area contributed by atoms with Crippen LogP contribution in [0.4, 0.5) is 0 Å². The topological polar surface area (TPSA) is 77.9 Å². The second kappa shape index (κ2) is 9.80. The van der Waals surface area contributed by atoms with Gasteiger partial charge in [0.2, 0.25) is 0 Å². The number of hydrogen-bond acceptors (Lipinski definition) is 5. The summed E-state index contributed by atoms with van der Waals surface area (Å²) in [6.07, 6.45) is 3.81. The van der Waals surface area contributed by atoms with E-state index in [9.17, 15) is 5.26 Å². The number of rotatable bonds is 7. The van der Waals surface area contributed by atoms with E-state index in [1.807, 2.05) is 89.2 Å². The molecule has 0 saturated heterocycles. The van der Waals surface area contributed by atoms with Gasteiger partial charge in [-0.2, -0.15) is 10.4 Å². The lowest BCUT2D eigenvalue weighted by molar-refractivity contribution is 0.355. The first kappa shape index (κ1) is 22.9. The van der Waals surface area contributed by atoms with E-state index in [0.29, 0.717) is 29.4 Å². The van der Waals surface area contributed by atoms with Gasteiger partial charge in [0.15, 0.2) is 17.3 Å². The molecule has 0 amide bonds. The van der Waals surface area contributed by atoms with Crippen LogP contribution in [0.5, 0.6) is 11.5 Å². The van der Waals surface area contributed by atoms with E-state index in [0.717, 1.165) is 33.4 Å². The van der Waals surface area contributed by atoms with Crippen LogP contribution in [0.1, 0.15) is 17.0 Å². The summed E-state index contributed by atoms with van der Waals surface area (Å²) >= 11 is 0. The highest BCUT2D eigenvalue weighted by Gasteiger charge is 2.17. The van der Waals surface area contributed by atoms with Crippen LogP contribution in [-0.2, 0) is 13.6 Å². The molecule has 5 aromatic rings. The zero-order chi connectivity index (χ0) is 25.1. The molecule has 0 aliphatic heterocycles. The highest BCUT2D eigenvalue weighted by atomic mass is 16.5. The zero-order valence-corrected chi connectivity index (χ0v) is 20.3. The van der Waals surface area contributed by atoms with E-state index < -0.39 is 0 Å². The summed E-state index contributed by atoms with van der Waals surface area (Å²) in [5, 5.41) is 15.0. The summed E-state index contributed by atoms with van der Waals surface area (Å²) in [6, 6.07) is 26.0. The van der Waals surface area contributed by atoms with Crippen LogP contribution in [0.3, 0.4) is 0 Å². The number of para-hydroxylation sites is 2. The quantitative estimate of drug-likeness (QED) is 0.288. The van der Waals surface area contributed by atoms with Gasteiger partial charge in [0.05, 0.1) is 43.1 Å². The van der Waals surface area contributed by atoms with E-state index in [-0.39, 0.29) is 0 Å². The van der Waals surface area contributed by atoms with E-state index in [4.69, 9.17) is 19.6 Å². The molecule has 2 heterocycles. The van der Waals surface area contributed by atoms with E-state index in [1.165, 1.54) is 0 Å². The Morgan fingerprint density at radius 2 is 1.72 bits per heavy atom. The maximum absolute atomic E-state index is 10.1. The van der Waals surface area contributed by atoms with Crippen molar-refractivity contribution in [3.05, 3.63) is 95.9 Å². The molecule has 0 aliphatic rings. The molecule has 0 fully saturated rings. The van der Waals surface area contributed by atoms with Gasteiger partial charge in [-0.15, -0.1) is 0 Å². The van der Waals surface area contributed by atoms with Crippen LogP contribution in [-0.4, -0.2) is 33.6 Å². The molecule has 178 valence electrons. The standard InChI is InChI=1S/C29H25N5O2/c1-33-25-12-8-7-11-24(25)31-29(33)22(17-30)15-23-19-34(18-20-9-5-4-6-10-20)32-28(23)21-13-14-26(35-2)27(16-21)36-3/h4-16,19H,18H2,1-3H3/b22-15+. The van der Waals surface area contributed by atoms with Gasteiger partial charge >= 0.3 is 0 Å². The summed E-state index contributed by atoms with van der Waals surface area (Å²) in [6.45, 7) is 0.600. The second-order valence-electron chi connectivity index (χ2n) is 8.34. The van der Waals surface area contributed by atoms with Crippen LogP contribution < -0.4 is 9.47 Å². The van der Waals surface area contributed by atoms with Crippen molar-refractivity contribution in [2.75, 3.05) is 14.2 Å². The van der Waals surface area contributed by atoms with Crippen molar-refractivity contribution in [1.82, 2.24) is 19.3 Å². The normalized spacial score (nSPS) is 11.4. The van der Waals surface area contributed by atoms with Gasteiger partial charge in [0.1, 0.15) is 6.07 Å². The average Bonchev–Trinajstić information content (AvgIpc) is 3.47. The van der Waals surface area contributed by atoms with Crippen molar-refractivity contribution in [3.63, 3.8) is 0 Å². The Bertz CT molecular complexity index is 1610. The minimum absolute atomic E-state index is 0.453. The molecule has 0 radical (unpaired) electrons. The molecular weight excluding hydrogens is 450 g/mol. The molecule has 36 heavy (non-hydrogen) atoms. The van der Waals surface area contributed by atoms with Gasteiger partial charge in [0, 0.05) is 24.4 Å². The molecule has 2 aromatic heterocycles. The Morgan fingerprint density at radius 3 is 2.44 bits per heavy atom. The van der Waals surface area contributed by atoms with Crippen molar-refractivity contribution in [2.24, 2.45) is 7.05 Å². The molecule has 0 unspecified atom stereocenters. The van der Waals surface area contributed by atoms with Crippen LogP contribution in [0, 0.1) is 11.3 Å². The Hall–Kier alpha value is -4.83. The highest BCUT2D eigenvalue weighted by molar-refractivity contribution is 5.93. The Labute approximate surface area is 209 Å². The molecule has 0 spiro atoms. The number of aromatic nitrogens is 4. The molecule has 7 heteroatoms. The summed E-state index contributed by atoms with van der Waals surface area (Å²) in [5.74, 6) is 1.85. The van der Waals surface area contributed by atoms with E-state index >= 15 is 0 Å². The Balaban J connectivity index is 1.65. The van der Waals surface area contributed by atoms with Gasteiger partial charge in [0.25, 0.3) is 0 Å². The fourth-order valence-electron chi connectivity index (χ4n) is 4.29. The van der Waals surface area contributed by atoms with Crippen molar-refractivity contribution >= 4 is 22.7 Å². The number of allylic oxidation sites excluding steroid dienone is 1. The van der Waals surface area contributed by atoms with Crippen LogP contribution in [0.25, 0.3) is 33.9 Å². The van der Waals surface area contributed by atoms with Crippen molar-refractivity contribution in [2.45, 2.75) is 6.54 Å². The molecule has 0 N–H and O–H groups in total. The fourth-order valence-corrected chi connectivity index (χ4v) is 4.29. The number of fused-ring (bicyclic) bond motifs is 1. The molecule has 3 aromatic carbocycles. The monoisotopic (exact) mass is 475 g/mol.